The number of hydrogen-bond donors (Lipinski definition) is 1. The second-order valence-corrected chi connectivity index (χ2v) is 7.05. The Labute approximate surface area is 153 Å². The van der Waals surface area contributed by atoms with Crippen LogP contribution in [0.1, 0.15) is 25.0 Å². The maximum absolute atomic E-state index is 6.00. The molecule has 26 heavy (non-hydrogen) atoms. The number of anilines is 1. The van der Waals surface area contributed by atoms with Crippen molar-refractivity contribution in [3.8, 4) is 22.6 Å². The van der Waals surface area contributed by atoms with Crippen LogP contribution in [-0.4, -0.2) is 26.6 Å². The molecule has 2 aromatic carbocycles. The Kier molecular flexibility index (Phi) is 4.04. The van der Waals surface area contributed by atoms with Crippen molar-refractivity contribution in [2.45, 2.75) is 26.0 Å². The first kappa shape index (κ1) is 16.8. The normalized spacial score (nSPS) is 16.2. The number of hydrogen-bond acceptors (Lipinski definition) is 5. The Morgan fingerprint density at radius 3 is 2.73 bits per heavy atom. The minimum Gasteiger partial charge on any atom is -0.492 e. The third kappa shape index (κ3) is 2.69. The van der Waals surface area contributed by atoms with Crippen LogP contribution in [0.15, 0.2) is 36.4 Å². The highest BCUT2D eigenvalue weighted by atomic mass is 16.7. The van der Waals surface area contributed by atoms with E-state index in [4.69, 9.17) is 18.9 Å². The lowest BCUT2D eigenvalue weighted by molar-refractivity contribution is 0.0492. The quantitative estimate of drug-likeness (QED) is 0.807. The van der Waals surface area contributed by atoms with E-state index in [0.29, 0.717) is 18.1 Å². The van der Waals surface area contributed by atoms with Crippen LogP contribution in [0.2, 0.25) is 0 Å². The molecule has 2 aromatic rings. The minimum atomic E-state index is -0.128. The molecule has 0 atom stereocenters. The summed E-state index contributed by atoms with van der Waals surface area (Å²) in [7, 11) is 3.25. The highest BCUT2D eigenvalue weighted by Crippen LogP contribution is 2.48. The third-order valence-electron chi connectivity index (χ3n) is 4.69. The van der Waals surface area contributed by atoms with Gasteiger partial charge in [0.2, 0.25) is 0 Å². The molecule has 0 radical (unpaired) electrons. The van der Waals surface area contributed by atoms with Crippen LogP contribution in [-0.2, 0) is 16.1 Å². The third-order valence-corrected chi connectivity index (χ3v) is 4.69. The highest BCUT2D eigenvalue weighted by Gasteiger charge is 2.33. The molecule has 0 aromatic heterocycles. The van der Waals surface area contributed by atoms with Crippen molar-refractivity contribution >= 4 is 11.4 Å². The van der Waals surface area contributed by atoms with E-state index < -0.39 is 0 Å². The molecule has 0 saturated heterocycles. The lowest BCUT2D eigenvalue weighted by Gasteiger charge is -2.30. The Morgan fingerprint density at radius 2 is 1.96 bits per heavy atom. The van der Waals surface area contributed by atoms with E-state index in [1.54, 1.807) is 14.2 Å². The number of nitrogens with one attached hydrogen (secondary N) is 1. The highest BCUT2D eigenvalue weighted by molar-refractivity contribution is 5.89. The molecule has 5 nitrogen and oxygen atoms in total. The molecule has 0 aliphatic carbocycles. The molecule has 136 valence electrons. The van der Waals surface area contributed by atoms with Crippen LogP contribution in [0, 0.1) is 0 Å². The number of methoxy groups -OCH3 is 2. The molecule has 0 bridgehead atoms. The molecule has 0 fully saturated rings. The van der Waals surface area contributed by atoms with Crippen molar-refractivity contribution in [2.24, 2.45) is 0 Å². The largest absolute Gasteiger partial charge is 0.492 e. The van der Waals surface area contributed by atoms with Gasteiger partial charge in [-0.05, 0) is 37.6 Å². The maximum Gasteiger partial charge on any atom is 0.188 e. The Balaban J connectivity index is 1.85. The summed E-state index contributed by atoms with van der Waals surface area (Å²) in [6.07, 6.45) is 2.14. The van der Waals surface area contributed by atoms with Gasteiger partial charge in [-0.25, -0.2) is 0 Å². The lowest BCUT2D eigenvalue weighted by atomic mass is 9.89. The van der Waals surface area contributed by atoms with Crippen LogP contribution >= 0.6 is 0 Å². The summed E-state index contributed by atoms with van der Waals surface area (Å²) in [4.78, 5) is 0. The molecule has 4 rings (SSSR count). The smallest absolute Gasteiger partial charge is 0.188 e. The van der Waals surface area contributed by atoms with Crippen molar-refractivity contribution in [3.63, 3.8) is 0 Å². The van der Waals surface area contributed by atoms with Crippen molar-refractivity contribution in [1.82, 2.24) is 0 Å². The molecule has 0 spiro atoms. The predicted octanol–water partition coefficient (Wildman–Crippen LogP) is 4.42. The van der Waals surface area contributed by atoms with Gasteiger partial charge in [-0.15, -0.1) is 0 Å². The average Bonchev–Trinajstić information content (AvgIpc) is 3.03. The van der Waals surface area contributed by atoms with E-state index in [-0.39, 0.29) is 12.3 Å². The van der Waals surface area contributed by atoms with Gasteiger partial charge in [-0.3, -0.25) is 0 Å². The molecule has 2 aliphatic rings. The minimum absolute atomic E-state index is 0.128. The van der Waals surface area contributed by atoms with Crippen LogP contribution < -0.4 is 14.8 Å². The number of benzene rings is 2. The summed E-state index contributed by atoms with van der Waals surface area (Å²) in [5.41, 5.74) is 5.36. The number of ether oxygens (including phenoxy) is 4. The van der Waals surface area contributed by atoms with Gasteiger partial charge >= 0.3 is 0 Å². The molecule has 1 N–H and O–H groups in total. The van der Waals surface area contributed by atoms with E-state index in [1.165, 1.54) is 5.56 Å². The van der Waals surface area contributed by atoms with Gasteiger partial charge in [0, 0.05) is 29.5 Å². The van der Waals surface area contributed by atoms with Crippen molar-refractivity contribution in [2.75, 3.05) is 26.3 Å². The fraction of sp³-hybridized carbons (Fsp3) is 0.333. The van der Waals surface area contributed by atoms with E-state index in [0.717, 1.165) is 28.1 Å². The van der Waals surface area contributed by atoms with E-state index in [2.05, 4.69) is 37.4 Å². The Morgan fingerprint density at radius 1 is 1.12 bits per heavy atom. The molecule has 0 saturated carbocycles. The maximum atomic E-state index is 6.00. The fourth-order valence-electron chi connectivity index (χ4n) is 3.66. The SMILES string of the molecule is COCOc1cccc(-c2ccc3c4c2COC4=CC(C)(C)N3)c1OC. The van der Waals surface area contributed by atoms with Gasteiger partial charge in [0.1, 0.15) is 12.4 Å². The van der Waals surface area contributed by atoms with Gasteiger partial charge in [0.05, 0.1) is 12.6 Å². The zero-order valence-electron chi connectivity index (χ0n) is 15.5. The van der Waals surface area contributed by atoms with E-state index >= 15 is 0 Å². The zero-order chi connectivity index (χ0) is 18.3. The fourth-order valence-corrected chi connectivity index (χ4v) is 3.66. The topological polar surface area (TPSA) is 49.0 Å². The lowest BCUT2D eigenvalue weighted by Crippen LogP contribution is -2.31. The van der Waals surface area contributed by atoms with Crippen molar-refractivity contribution < 1.29 is 18.9 Å². The summed E-state index contributed by atoms with van der Waals surface area (Å²) < 4.78 is 22.4. The summed E-state index contributed by atoms with van der Waals surface area (Å²) in [5, 5.41) is 3.57. The molecular weight excluding hydrogens is 330 g/mol. The molecule has 2 heterocycles. The first-order chi connectivity index (χ1) is 12.5. The van der Waals surface area contributed by atoms with Crippen LogP contribution in [0.5, 0.6) is 11.5 Å². The molecule has 2 aliphatic heterocycles. The molecule has 5 heteroatoms. The molecule has 0 unspecified atom stereocenters. The Bertz CT molecular complexity index is 886. The van der Waals surface area contributed by atoms with Gasteiger partial charge in [0.25, 0.3) is 0 Å². The van der Waals surface area contributed by atoms with Gasteiger partial charge in [0.15, 0.2) is 18.3 Å². The van der Waals surface area contributed by atoms with Crippen molar-refractivity contribution in [1.29, 1.82) is 0 Å². The van der Waals surface area contributed by atoms with Crippen LogP contribution in [0.4, 0.5) is 5.69 Å². The summed E-state index contributed by atoms with van der Waals surface area (Å²) >= 11 is 0. The monoisotopic (exact) mass is 353 g/mol. The van der Waals surface area contributed by atoms with Crippen molar-refractivity contribution in [3.05, 3.63) is 47.5 Å². The molecular formula is C21H23NO4. The average molecular weight is 353 g/mol. The first-order valence-corrected chi connectivity index (χ1v) is 8.63. The summed E-state index contributed by atoms with van der Waals surface area (Å²) in [6.45, 7) is 5.00. The second kappa shape index (κ2) is 6.25. The van der Waals surface area contributed by atoms with Gasteiger partial charge in [-0.2, -0.15) is 0 Å². The standard InChI is InChI=1S/C21H23NO4/c1-21(2)10-18-19-15(11-25-18)13(8-9-16(19)22-21)14-6-5-7-17(20(14)24-4)26-12-23-3/h5-10,22H,11-12H2,1-4H3. The summed E-state index contributed by atoms with van der Waals surface area (Å²) in [5.74, 6) is 2.30. The Hall–Kier alpha value is -2.66. The van der Waals surface area contributed by atoms with Crippen LogP contribution in [0.3, 0.4) is 0 Å². The second-order valence-electron chi connectivity index (χ2n) is 7.05. The summed E-state index contributed by atoms with van der Waals surface area (Å²) in [6, 6.07) is 10.1. The molecule has 0 amide bonds. The van der Waals surface area contributed by atoms with E-state index in [1.807, 2.05) is 18.2 Å². The zero-order valence-corrected chi connectivity index (χ0v) is 15.5. The van der Waals surface area contributed by atoms with Gasteiger partial charge in [-0.1, -0.05) is 18.2 Å². The van der Waals surface area contributed by atoms with Gasteiger partial charge < -0.3 is 24.3 Å². The predicted molar refractivity (Wildman–Crippen MR) is 101 cm³/mol. The van der Waals surface area contributed by atoms with Crippen LogP contribution in [0.25, 0.3) is 16.9 Å². The first-order valence-electron chi connectivity index (χ1n) is 8.63. The van der Waals surface area contributed by atoms with E-state index in [9.17, 15) is 0 Å². The number of rotatable bonds is 5. The number of para-hydroxylation sites is 1.